The highest BCUT2D eigenvalue weighted by atomic mass is 14.0. The van der Waals surface area contributed by atoms with Crippen molar-refractivity contribution in [2.24, 2.45) is 11.8 Å². The second-order valence-electron chi connectivity index (χ2n) is 5.59. The van der Waals surface area contributed by atoms with Crippen molar-refractivity contribution in [3.05, 3.63) is 0 Å². The average molecular weight is 200 g/mol. The van der Waals surface area contributed by atoms with E-state index in [9.17, 15) is 0 Å². The standard InChI is InChI=1S/C6H12.2C4H10/c1-2-4-6-5-3-1;2*1-4(2)3/h1-6H2;2*4H,1-3H3. The molecule has 0 nitrogen and oxygen atoms in total. The molecule has 0 aliphatic heterocycles. The largest absolute Gasteiger partial charge is 0.0630 e. The first-order valence-corrected chi connectivity index (χ1v) is 6.46. The van der Waals surface area contributed by atoms with Crippen molar-refractivity contribution >= 4 is 0 Å². The van der Waals surface area contributed by atoms with Gasteiger partial charge in [-0.2, -0.15) is 0 Å². The molecule has 0 spiro atoms. The molecular weight excluding hydrogens is 168 g/mol. The highest BCUT2D eigenvalue weighted by Crippen LogP contribution is 2.15. The first-order chi connectivity index (χ1) is 6.46. The van der Waals surface area contributed by atoms with Crippen LogP contribution in [0, 0.1) is 11.8 Å². The maximum Gasteiger partial charge on any atom is -0.0500 e. The molecule has 14 heavy (non-hydrogen) atoms. The lowest BCUT2D eigenvalue weighted by Gasteiger charge is -2.05. The van der Waals surface area contributed by atoms with Crippen LogP contribution in [0.2, 0.25) is 0 Å². The van der Waals surface area contributed by atoms with Crippen molar-refractivity contribution in [2.75, 3.05) is 0 Å². The molecule has 0 saturated heterocycles. The van der Waals surface area contributed by atoms with Crippen molar-refractivity contribution in [1.82, 2.24) is 0 Å². The van der Waals surface area contributed by atoms with Crippen molar-refractivity contribution < 1.29 is 0 Å². The minimum atomic E-state index is 0.833. The fraction of sp³-hybridized carbons (Fsp3) is 1.00. The molecule has 1 aliphatic carbocycles. The lowest BCUT2D eigenvalue weighted by molar-refractivity contribution is 0.504. The summed E-state index contributed by atoms with van der Waals surface area (Å²) < 4.78 is 0. The summed E-state index contributed by atoms with van der Waals surface area (Å²) in [5, 5.41) is 0. The lowest BCUT2D eigenvalue weighted by atomic mass is 10.0. The molecule has 0 aromatic carbocycles. The summed E-state index contributed by atoms with van der Waals surface area (Å²) in [6.45, 7) is 13.0. The van der Waals surface area contributed by atoms with E-state index in [2.05, 4.69) is 41.5 Å². The SMILES string of the molecule is C1CCCCC1.CC(C)C.CC(C)C. The second-order valence-corrected chi connectivity index (χ2v) is 5.59. The molecule has 88 valence electrons. The van der Waals surface area contributed by atoms with Gasteiger partial charge >= 0.3 is 0 Å². The molecule has 0 radical (unpaired) electrons. The molecule has 0 aromatic heterocycles. The average Bonchev–Trinajstić information content (AvgIpc) is 2.05. The third-order valence-corrected chi connectivity index (χ3v) is 1.50. The van der Waals surface area contributed by atoms with Crippen molar-refractivity contribution in [3.8, 4) is 0 Å². The maximum absolute atomic E-state index is 2.17. The summed E-state index contributed by atoms with van der Waals surface area (Å²) in [7, 11) is 0. The van der Waals surface area contributed by atoms with Crippen LogP contribution < -0.4 is 0 Å². The van der Waals surface area contributed by atoms with Gasteiger partial charge < -0.3 is 0 Å². The topological polar surface area (TPSA) is 0 Å². The highest BCUT2D eigenvalue weighted by molar-refractivity contribution is 4.51. The zero-order valence-corrected chi connectivity index (χ0v) is 11.4. The van der Waals surface area contributed by atoms with Gasteiger partial charge in [0.25, 0.3) is 0 Å². The van der Waals surface area contributed by atoms with E-state index in [-0.39, 0.29) is 0 Å². The molecule has 1 fully saturated rings. The van der Waals surface area contributed by atoms with Crippen LogP contribution in [-0.2, 0) is 0 Å². The molecule has 0 aromatic rings. The smallest absolute Gasteiger partial charge is 0.0500 e. The summed E-state index contributed by atoms with van der Waals surface area (Å²) in [6.07, 6.45) is 9.00. The molecule has 1 rings (SSSR count). The second kappa shape index (κ2) is 13.0. The van der Waals surface area contributed by atoms with E-state index >= 15 is 0 Å². The van der Waals surface area contributed by atoms with E-state index in [1.54, 1.807) is 0 Å². The Morgan fingerprint density at radius 1 is 0.429 bits per heavy atom. The minimum absolute atomic E-state index is 0.833. The van der Waals surface area contributed by atoms with Gasteiger partial charge in [0.15, 0.2) is 0 Å². The van der Waals surface area contributed by atoms with Gasteiger partial charge in [-0.3, -0.25) is 0 Å². The number of hydrogen-bond donors (Lipinski definition) is 0. The minimum Gasteiger partial charge on any atom is -0.0630 e. The normalized spacial score (nSPS) is 15.4. The quantitative estimate of drug-likeness (QED) is 0.473. The summed E-state index contributed by atoms with van der Waals surface area (Å²) in [6, 6.07) is 0. The predicted molar refractivity (Wildman–Crippen MR) is 68.7 cm³/mol. The van der Waals surface area contributed by atoms with Crippen LogP contribution in [-0.4, -0.2) is 0 Å². The Morgan fingerprint density at radius 2 is 0.500 bits per heavy atom. The van der Waals surface area contributed by atoms with Crippen LogP contribution in [0.1, 0.15) is 80.1 Å². The van der Waals surface area contributed by atoms with E-state index < -0.39 is 0 Å². The van der Waals surface area contributed by atoms with E-state index in [1.807, 2.05) is 0 Å². The third-order valence-electron chi connectivity index (χ3n) is 1.50. The van der Waals surface area contributed by atoms with Gasteiger partial charge in [0.2, 0.25) is 0 Å². The Morgan fingerprint density at radius 3 is 0.571 bits per heavy atom. The first kappa shape index (κ1) is 16.4. The molecular formula is C14H32. The van der Waals surface area contributed by atoms with E-state index in [0.717, 1.165) is 11.8 Å². The molecule has 1 saturated carbocycles. The molecule has 0 unspecified atom stereocenters. The molecule has 0 heterocycles. The fourth-order valence-electron chi connectivity index (χ4n) is 1.06. The Hall–Kier alpha value is 0. The van der Waals surface area contributed by atoms with Crippen molar-refractivity contribution in [1.29, 1.82) is 0 Å². The maximum atomic E-state index is 2.17. The van der Waals surface area contributed by atoms with Crippen LogP contribution in [0.15, 0.2) is 0 Å². The zero-order chi connectivity index (χ0) is 11.4. The Labute approximate surface area is 92.5 Å². The van der Waals surface area contributed by atoms with E-state index in [0.29, 0.717) is 0 Å². The fourth-order valence-corrected chi connectivity index (χ4v) is 1.06. The third kappa shape index (κ3) is 40.3. The Bertz CT molecular complexity index is 55.0. The molecule has 0 N–H and O–H groups in total. The molecule has 0 bridgehead atoms. The predicted octanol–water partition coefficient (Wildman–Crippen LogP) is 5.67. The van der Waals surface area contributed by atoms with E-state index in [1.165, 1.54) is 38.5 Å². The lowest BCUT2D eigenvalue weighted by Crippen LogP contribution is -1.85. The van der Waals surface area contributed by atoms with Gasteiger partial charge in [-0.15, -0.1) is 0 Å². The van der Waals surface area contributed by atoms with Gasteiger partial charge in [-0.25, -0.2) is 0 Å². The van der Waals surface area contributed by atoms with E-state index in [4.69, 9.17) is 0 Å². The Kier molecular flexibility index (Phi) is 15.3. The Balaban J connectivity index is 0. The highest BCUT2D eigenvalue weighted by Gasteiger charge is 1.95. The van der Waals surface area contributed by atoms with Crippen molar-refractivity contribution in [2.45, 2.75) is 80.1 Å². The molecule has 0 atom stereocenters. The number of hydrogen-bond acceptors (Lipinski definition) is 0. The summed E-state index contributed by atoms with van der Waals surface area (Å²) in [4.78, 5) is 0. The van der Waals surface area contributed by atoms with Gasteiger partial charge in [-0.05, 0) is 11.8 Å². The molecule has 0 heteroatoms. The van der Waals surface area contributed by atoms with Crippen LogP contribution in [0.25, 0.3) is 0 Å². The summed E-state index contributed by atoms with van der Waals surface area (Å²) in [5.41, 5.74) is 0. The van der Waals surface area contributed by atoms with Gasteiger partial charge in [-0.1, -0.05) is 80.1 Å². The number of rotatable bonds is 0. The summed E-state index contributed by atoms with van der Waals surface area (Å²) >= 11 is 0. The van der Waals surface area contributed by atoms with Crippen LogP contribution in [0.3, 0.4) is 0 Å². The van der Waals surface area contributed by atoms with Crippen LogP contribution in [0.4, 0.5) is 0 Å². The van der Waals surface area contributed by atoms with Crippen molar-refractivity contribution in [3.63, 3.8) is 0 Å². The monoisotopic (exact) mass is 200 g/mol. The summed E-state index contributed by atoms with van der Waals surface area (Å²) in [5.74, 6) is 1.67. The van der Waals surface area contributed by atoms with Crippen LogP contribution in [0.5, 0.6) is 0 Å². The molecule has 1 aliphatic rings. The molecule has 0 amide bonds. The van der Waals surface area contributed by atoms with Gasteiger partial charge in [0.05, 0.1) is 0 Å². The van der Waals surface area contributed by atoms with Gasteiger partial charge in [0.1, 0.15) is 0 Å². The zero-order valence-electron chi connectivity index (χ0n) is 11.4. The van der Waals surface area contributed by atoms with Gasteiger partial charge in [0, 0.05) is 0 Å². The van der Waals surface area contributed by atoms with Crippen LogP contribution >= 0.6 is 0 Å². The first-order valence-electron chi connectivity index (χ1n) is 6.46.